The molecule has 4 nitrogen and oxygen atoms in total. The largest absolute Gasteiger partial charge is 0.508 e. The van der Waals surface area contributed by atoms with Gasteiger partial charge in [0.1, 0.15) is 0 Å². The number of para-hydroxylation sites is 1. The van der Waals surface area contributed by atoms with Crippen LogP contribution < -0.4 is 5.59 Å². The third-order valence-electron chi connectivity index (χ3n) is 3.07. The Hall–Kier alpha value is -2.37. The molecule has 1 heterocycles. The minimum atomic E-state index is -1.57. The van der Waals surface area contributed by atoms with Crippen molar-refractivity contribution < 1.29 is 10.0 Å². The van der Waals surface area contributed by atoms with E-state index in [1.807, 2.05) is 60.7 Å². The van der Waals surface area contributed by atoms with Gasteiger partial charge in [0.25, 0.3) is 0 Å². The molecule has 0 unspecified atom stereocenters. The van der Waals surface area contributed by atoms with Crippen LogP contribution in [-0.4, -0.2) is 26.9 Å². The third-order valence-corrected chi connectivity index (χ3v) is 3.07. The van der Waals surface area contributed by atoms with E-state index in [4.69, 9.17) is 0 Å². The lowest BCUT2D eigenvalue weighted by atomic mass is 9.85. The molecule has 20 heavy (non-hydrogen) atoms. The second-order valence-corrected chi connectivity index (χ2v) is 4.44. The molecule has 2 aromatic carbocycles. The Balaban J connectivity index is 2.13. The van der Waals surface area contributed by atoms with Crippen molar-refractivity contribution in [3.63, 3.8) is 0 Å². The van der Waals surface area contributed by atoms with Crippen LogP contribution in [0, 0.1) is 0 Å². The molecule has 0 spiro atoms. The number of benzene rings is 2. The normalized spacial score (nSPS) is 10.5. The highest BCUT2D eigenvalue weighted by molar-refractivity contribution is 6.58. The Kier molecular flexibility index (Phi) is 3.37. The summed E-state index contributed by atoms with van der Waals surface area (Å²) in [5.74, 6) is 0. The Morgan fingerprint density at radius 1 is 0.850 bits per heavy atom. The summed E-state index contributed by atoms with van der Waals surface area (Å²) >= 11 is 0. The zero-order valence-corrected chi connectivity index (χ0v) is 10.7. The summed E-state index contributed by atoms with van der Waals surface area (Å²) in [5.41, 5.74) is 2.77. The van der Waals surface area contributed by atoms with E-state index in [-0.39, 0.29) is 0 Å². The molecular weight excluding hydrogens is 251 g/mol. The van der Waals surface area contributed by atoms with Gasteiger partial charge >= 0.3 is 7.12 Å². The van der Waals surface area contributed by atoms with Crippen LogP contribution in [0.15, 0.2) is 66.7 Å². The fourth-order valence-corrected chi connectivity index (χ4v) is 2.11. The van der Waals surface area contributed by atoms with Crippen molar-refractivity contribution in [2.75, 3.05) is 0 Å². The van der Waals surface area contributed by atoms with Gasteiger partial charge in [-0.15, -0.1) is 0 Å². The van der Waals surface area contributed by atoms with Crippen molar-refractivity contribution >= 4 is 12.7 Å². The first kappa shape index (κ1) is 12.7. The Morgan fingerprint density at radius 2 is 1.45 bits per heavy atom. The summed E-state index contributed by atoms with van der Waals surface area (Å²) in [6.45, 7) is 0. The van der Waals surface area contributed by atoms with E-state index in [1.165, 1.54) is 0 Å². The molecule has 2 N–H and O–H groups in total. The second-order valence-electron chi connectivity index (χ2n) is 4.44. The van der Waals surface area contributed by atoms with Crippen LogP contribution in [0.5, 0.6) is 0 Å². The average molecular weight is 264 g/mol. The standard InChI is InChI=1S/C15H13BN2O2/c19-16(20)15-11-14(12-7-3-1-4-8-12)17-18(15)13-9-5-2-6-10-13/h1-11,19-20H. The molecule has 3 rings (SSSR count). The molecule has 0 atom stereocenters. The molecule has 98 valence electrons. The molecular formula is C15H13BN2O2. The van der Waals surface area contributed by atoms with Crippen molar-refractivity contribution in [1.29, 1.82) is 0 Å². The summed E-state index contributed by atoms with van der Waals surface area (Å²) < 4.78 is 1.55. The Bertz CT molecular complexity index is 696. The van der Waals surface area contributed by atoms with Crippen molar-refractivity contribution in [1.82, 2.24) is 9.78 Å². The van der Waals surface area contributed by atoms with Crippen molar-refractivity contribution in [2.45, 2.75) is 0 Å². The molecule has 0 saturated heterocycles. The van der Waals surface area contributed by atoms with E-state index in [0.717, 1.165) is 11.3 Å². The van der Waals surface area contributed by atoms with Gasteiger partial charge in [-0.1, -0.05) is 48.5 Å². The molecule has 0 radical (unpaired) electrons. The summed E-state index contributed by atoms with van der Waals surface area (Å²) in [4.78, 5) is 0. The average Bonchev–Trinajstić information content (AvgIpc) is 2.94. The maximum atomic E-state index is 9.52. The number of rotatable bonds is 3. The predicted octanol–water partition coefficient (Wildman–Crippen LogP) is 1.22. The van der Waals surface area contributed by atoms with Crippen molar-refractivity contribution in [3.8, 4) is 16.9 Å². The van der Waals surface area contributed by atoms with Crippen LogP contribution in [0.2, 0.25) is 0 Å². The van der Waals surface area contributed by atoms with Crippen LogP contribution in [0.1, 0.15) is 0 Å². The third kappa shape index (κ3) is 2.36. The minimum absolute atomic E-state index is 0.343. The highest BCUT2D eigenvalue weighted by Gasteiger charge is 2.20. The topological polar surface area (TPSA) is 58.3 Å². The smallest absolute Gasteiger partial charge is 0.422 e. The van der Waals surface area contributed by atoms with E-state index in [9.17, 15) is 10.0 Å². The SMILES string of the molecule is OB(O)c1cc(-c2ccccc2)nn1-c1ccccc1. The summed E-state index contributed by atoms with van der Waals surface area (Å²) in [7, 11) is -1.57. The highest BCUT2D eigenvalue weighted by atomic mass is 16.4. The van der Waals surface area contributed by atoms with E-state index in [0.29, 0.717) is 11.3 Å². The summed E-state index contributed by atoms with van der Waals surface area (Å²) in [6, 6.07) is 20.7. The molecule has 0 amide bonds. The molecule has 0 aliphatic rings. The van der Waals surface area contributed by atoms with Crippen LogP contribution in [-0.2, 0) is 0 Å². The van der Waals surface area contributed by atoms with Crippen molar-refractivity contribution in [3.05, 3.63) is 66.7 Å². The summed E-state index contributed by atoms with van der Waals surface area (Å²) in [5, 5.41) is 23.5. The lowest BCUT2D eigenvalue weighted by molar-refractivity contribution is 0.423. The van der Waals surface area contributed by atoms with Crippen LogP contribution in [0.4, 0.5) is 0 Å². The van der Waals surface area contributed by atoms with Crippen LogP contribution in [0.25, 0.3) is 16.9 Å². The zero-order chi connectivity index (χ0) is 13.9. The maximum absolute atomic E-state index is 9.52. The van der Waals surface area contributed by atoms with Gasteiger partial charge in [-0.05, 0) is 18.2 Å². The molecule has 0 aliphatic heterocycles. The number of hydrogen-bond acceptors (Lipinski definition) is 3. The minimum Gasteiger partial charge on any atom is -0.422 e. The first-order chi connectivity index (χ1) is 9.75. The molecule has 5 heteroatoms. The highest BCUT2D eigenvalue weighted by Crippen LogP contribution is 2.17. The zero-order valence-electron chi connectivity index (χ0n) is 10.7. The first-order valence-electron chi connectivity index (χ1n) is 6.32. The molecule has 0 saturated carbocycles. The number of nitrogens with zero attached hydrogens (tertiary/aromatic N) is 2. The van der Waals surface area contributed by atoms with Gasteiger partial charge in [0.2, 0.25) is 0 Å². The number of aromatic nitrogens is 2. The molecule has 0 bridgehead atoms. The fourth-order valence-electron chi connectivity index (χ4n) is 2.11. The fraction of sp³-hybridized carbons (Fsp3) is 0. The van der Waals surface area contributed by atoms with E-state index >= 15 is 0 Å². The lowest BCUT2D eigenvalue weighted by Gasteiger charge is -2.05. The van der Waals surface area contributed by atoms with Gasteiger partial charge in [-0.2, -0.15) is 5.10 Å². The van der Waals surface area contributed by atoms with Gasteiger partial charge < -0.3 is 10.0 Å². The predicted molar refractivity (Wildman–Crippen MR) is 78.8 cm³/mol. The van der Waals surface area contributed by atoms with E-state index in [2.05, 4.69) is 5.10 Å². The van der Waals surface area contributed by atoms with Gasteiger partial charge in [-0.25, -0.2) is 4.68 Å². The van der Waals surface area contributed by atoms with Gasteiger partial charge in [0, 0.05) is 5.56 Å². The van der Waals surface area contributed by atoms with Crippen LogP contribution in [0.3, 0.4) is 0 Å². The number of hydrogen-bond donors (Lipinski definition) is 2. The Labute approximate surface area is 117 Å². The first-order valence-corrected chi connectivity index (χ1v) is 6.32. The molecule has 0 aliphatic carbocycles. The molecule has 0 fully saturated rings. The summed E-state index contributed by atoms with van der Waals surface area (Å²) in [6.07, 6.45) is 0. The van der Waals surface area contributed by atoms with Crippen molar-refractivity contribution in [2.24, 2.45) is 0 Å². The van der Waals surface area contributed by atoms with E-state index in [1.54, 1.807) is 10.7 Å². The second kappa shape index (κ2) is 5.32. The van der Waals surface area contributed by atoms with Gasteiger partial charge in [0.15, 0.2) is 0 Å². The lowest BCUT2D eigenvalue weighted by Crippen LogP contribution is -2.35. The monoisotopic (exact) mass is 264 g/mol. The molecule has 3 aromatic rings. The molecule has 1 aromatic heterocycles. The Morgan fingerprint density at radius 3 is 2.05 bits per heavy atom. The van der Waals surface area contributed by atoms with Gasteiger partial charge in [0.05, 0.1) is 17.0 Å². The van der Waals surface area contributed by atoms with Gasteiger partial charge in [-0.3, -0.25) is 0 Å². The maximum Gasteiger partial charge on any atom is 0.508 e. The quantitative estimate of drug-likeness (QED) is 0.699. The van der Waals surface area contributed by atoms with Crippen LogP contribution >= 0.6 is 0 Å². The van der Waals surface area contributed by atoms with E-state index < -0.39 is 7.12 Å².